The van der Waals surface area contributed by atoms with Crippen LogP contribution in [0.4, 0.5) is 0 Å². The molecule has 0 amide bonds. The number of thiophene rings is 1. The molecule has 1 atom stereocenters. The Labute approximate surface area is 108 Å². The van der Waals surface area contributed by atoms with Gasteiger partial charge in [0.15, 0.2) is 0 Å². The van der Waals surface area contributed by atoms with Crippen LogP contribution >= 0.6 is 11.3 Å². The SMILES string of the molecule is Cc1sccc1C1(O)CCCN(C(C)C)CC1. The number of aliphatic hydroxyl groups is 1. The molecular weight excluding hydrogens is 230 g/mol. The van der Waals surface area contributed by atoms with Gasteiger partial charge >= 0.3 is 0 Å². The summed E-state index contributed by atoms with van der Waals surface area (Å²) in [4.78, 5) is 3.74. The Morgan fingerprint density at radius 1 is 1.35 bits per heavy atom. The normalized spacial score (nSPS) is 27.4. The smallest absolute Gasteiger partial charge is 0.0919 e. The average Bonchev–Trinajstić information content (AvgIpc) is 2.59. The van der Waals surface area contributed by atoms with Crippen LogP contribution in [-0.4, -0.2) is 29.1 Å². The van der Waals surface area contributed by atoms with Gasteiger partial charge in [-0.3, -0.25) is 0 Å². The maximum absolute atomic E-state index is 10.9. The Balaban J connectivity index is 2.15. The number of hydrogen-bond acceptors (Lipinski definition) is 3. The molecular formula is C14H23NOS. The lowest BCUT2D eigenvalue weighted by atomic mass is 9.87. The van der Waals surface area contributed by atoms with Crippen LogP contribution in [0.5, 0.6) is 0 Å². The van der Waals surface area contributed by atoms with Crippen molar-refractivity contribution < 1.29 is 5.11 Å². The standard InChI is InChI=1S/C14H23NOS/c1-11(2)15-8-4-6-14(16,7-9-15)13-5-10-17-12(13)3/h5,10-11,16H,4,6-9H2,1-3H3. The lowest BCUT2D eigenvalue weighted by Crippen LogP contribution is -2.33. The number of nitrogens with zero attached hydrogens (tertiary/aromatic N) is 1. The van der Waals surface area contributed by atoms with Crippen LogP contribution in [-0.2, 0) is 5.60 Å². The summed E-state index contributed by atoms with van der Waals surface area (Å²) in [7, 11) is 0. The zero-order chi connectivity index (χ0) is 12.5. The minimum atomic E-state index is -0.590. The third-order valence-corrected chi connectivity index (χ3v) is 4.78. The van der Waals surface area contributed by atoms with Crippen LogP contribution in [0.1, 0.15) is 43.6 Å². The highest BCUT2D eigenvalue weighted by Gasteiger charge is 2.33. The molecule has 1 saturated heterocycles. The van der Waals surface area contributed by atoms with Crippen molar-refractivity contribution in [3.8, 4) is 0 Å². The zero-order valence-electron chi connectivity index (χ0n) is 11.1. The summed E-state index contributed by atoms with van der Waals surface area (Å²) in [6, 6.07) is 2.69. The highest BCUT2D eigenvalue weighted by molar-refractivity contribution is 7.10. The van der Waals surface area contributed by atoms with E-state index in [0.717, 1.165) is 37.9 Å². The molecule has 1 aromatic rings. The predicted molar refractivity (Wildman–Crippen MR) is 73.5 cm³/mol. The van der Waals surface area contributed by atoms with Crippen LogP contribution in [0.15, 0.2) is 11.4 Å². The van der Waals surface area contributed by atoms with Gasteiger partial charge in [-0.15, -0.1) is 11.3 Å². The molecule has 17 heavy (non-hydrogen) atoms. The summed E-state index contributed by atoms with van der Waals surface area (Å²) in [6.07, 6.45) is 2.85. The highest BCUT2D eigenvalue weighted by Crippen LogP contribution is 2.36. The third-order valence-electron chi connectivity index (χ3n) is 3.94. The van der Waals surface area contributed by atoms with E-state index in [-0.39, 0.29) is 0 Å². The number of likely N-dealkylation sites (tertiary alicyclic amines) is 1. The van der Waals surface area contributed by atoms with E-state index >= 15 is 0 Å². The van der Waals surface area contributed by atoms with Gasteiger partial charge in [0.2, 0.25) is 0 Å². The predicted octanol–water partition coefficient (Wildman–Crippen LogP) is 3.14. The molecule has 0 radical (unpaired) electrons. The number of rotatable bonds is 2. The first-order valence-corrected chi connectivity index (χ1v) is 7.42. The maximum Gasteiger partial charge on any atom is 0.0919 e. The van der Waals surface area contributed by atoms with Gasteiger partial charge in [0.25, 0.3) is 0 Å². The molecule has 0 bridgehead atoms. The van der Waals surface area contributed by atoms with Crippen LogP contribution in [0.2, 0.25) is 0 Å². The van der Waals surface area contributed by atoms with E-state index in [1.165, 1.54) is 4.88 Å². The summed E-state index contributed by atoms with van der Waals surface area (Å²) in [6.45, 7) is 8.70. The largest absolute Gasteiger partial charge is 0.385 e. The Morgan fingerprint density at radius 3 is 2.71 bits per heavy atom. The second-order valence-electron chi connectivity index (χ2n) is 5.41. The molecule has 0 aliphatic carbocycles. The molecule has 1 aliphatic heterocycles. The van der Waals surface area contributed by atoms with Crippen LogP contribution in [0.25, 0.3) is 0 Å². The Kier molecular flexibility index (Phi) is 3.91. The first-order chi connectivity index (χ1) is 8.03. The van der Waals surface area contributed by atoms with Crippen molar-refractivity contribution in [2.45, 2.75) is 51.7 Å². The van der Waals surface area contributed by atoms with E-state index in [1.807, 2.05) is 0 Å². The lowest BCUT2D eigenvalue weighted by molar-refractivity contribution is 0.0203. The summed E-state index contributed by atoms with van der Waals surface area (Å²) < 4.78 is 0. The van der Waals surface area contributed by atoms with Crippen LogP contribution in [0, 0.1) is 6.92 Å². The van der Waals surface area contributed by atoms with E-state index in [9.17, 15) is 5.11 Å². The molecule has 2 rings (SSSR count). The van der Waals surface area contributed by atoms with Gasteiger partial charge in [-0.05, 0) is 63.6 Å². The van der Waals surface area contributed by atoms with Gasteiger partial charge in [-0.2, -0.15) is 0 Å². The van der Waals surface area contributed by atoms with Crippen LogP contribution < -0.4 is 0 Å². The topological polar surface area (TPSA) is 23.5 Å². The molecule has 1 unspecified atom stereocenters. The second kappa shape index (κ2) is 5.09. The van der Waals surface area contributed by atoms with Crippen molar-refractivity contribution >= 4 is 11.3 Å². The third kappa shape index (κ3) is 2.72. The molecule has 1 fully saturated rings. The van der Waals surface area contributed by atoms with Crippen molar-refractivity contribution in [2.75, 3.05) is 13.1 Å². The molecule has 1 N–H and O–H groups in total. The first kappa shape index (κ1) is 13.1. The fraction of sp³-hybridized carbons (Fsp3) is 0.714. The summed E-state index contributed by atoms with van der Waals surface area (Å²) >= 11 is 1.74. The first-order valence-electron chi connectivity index (χ1n) is 6.54. The van der Waals surface area contributed by atoms with E-state index in [2.05, 4.69) is 37.1 Å². The van der Waals surface area contributed by atoms with E-state index < -0.39 is 5.60 Å². The van der Waals surface area contributed by atoms with E-state index in [4.69, 9.17) is 0 Å². The van der Waals surface area contributed by atoms with Gasteiger partial charge in [0.05, 0.1) is 5.60 Å². The molecule has 1 aliphatic rings. The van der Waals surface area contributed by atoms with Crippen molar-refractivity contribution in [1.29, 1.82) is 0 Å². The molecule has 0 aromatic carbocycles. The minimum absolute atomic E-state index is 0.584. The summed E-state index contributed by atoms with van der Waals surface area (Å²) in [5, 5.41) is 13.0. The van der Waals surface area contributed by atoms with Crippen molar-refractivity contribution in [3.63, 3.8) is 0 Å². The molecule has 1 aromatic heterocycles. The fourth-order valence-electron chi connectivity index (χ4n) is 2.79. The zero-order valence-corrected chi connectivity index (χ0v) is 11.9. The molecule has 3 heteroatoms. The minimum Gasteiger partial charge on any atom is -0.385 e. The van der Waals surface area contributed by atoms with Crippen molar-refractivity contribution in [3.05, 3.63) is 21.9 Å². The number of hydrogen-bond donors (Lipinski definition) is 1. The fourth-order valence-corrected chi connectivity index (χ4v) is 3.59. The Bertz CT molecular complexity index is 374. The second-order valence-corrected chi connectivity index (χ2v) is 6.53. The molecule has 2 heterocycles. The summed E-state index contributed by atoms with van der Waals surface area (Å²) in [5.74, 6) is 0. The Hall–Kier alpha value is -0.380. The maximum atomic E-state index is 10.9. The van der Waals surface area contributed by atoms with E-state index in [1.54, 1.807) is 11.3 Å². The molecule has 0 spiro atoms. The van der Waals surface area contributed by atoms with Crippen molar-refractivity contribution in [1.82, 2.24) is 4.90 Å². The number of aryl methyl sites for hydroxylation is 1. The molecule has 96 valence electrons. The quantitative estimate of drug-likeness (QED) is 0.875. The lowest BCUT2D eigenvalue weighted by Gasteiger charge is -2.28. The highest BCUT2D eigenvalue weighted by atomic mass is 32.1. The van der Waals surface area contributed by atoms with Gasteiger partial charge in [0.1, 0.15) is 0 Å². The molecule has 0 saturated carbocycles. The molecule has 2 nitrogen and oxygen atoms in total. The monoisotopic (exact) mass is 253 g/mol. The summed E-state index contributed by atoms with van der Waals surface area (Å²) in [5.41, 5.74) is 0.571. The van der Waals surface area contributed by atoms with Gasteiger partial charge in [-0.1, -0.05) is 0 Å². The average molecular weight is 253 g/mol. The van der Waals surface area contributed by atoms with E-state index in [0.29, 0.717) is 6.04 Å². The van der Waals surface area contributed by atoms with Gasteiger partial charge < -0.3 is 10.0 Å². The van der Waals surface area contributed by atoms with Gasteiger partial charge in [-0.25, -0.2) is 0 Å². The van der Waals surface area contributed by atoms with Crippen LogP contribution in [0.3, 0.4) is 0 Å². The van der Waals surface area contributed by atoms with Gasteiger partial charge in [0, 0.05) is 17.5 Å². The Morgan fingerprint density at radius 2 is 2.12 bits per heavy atom. The van der Waals surface area contributed by atoms with Crippen molar-refractivity contribution in [2.24, 2.45) is 0 Å².